The number of nitrogens with zero attached hydrogens (tertiary/aromatic N) is 1. The zero-order valence-corrected chi connectivity index (χ0v) is 11.5. The van der Waals surface area contributed by atoms with Gasteiger partial charge in [-0.25, -0.2) is 0 Å². The third kappa shape index (κ3) is 2.18. The highest BCUT2D eigenvalue weighted by molar-refractivity contribution is 5.98. The summed E-state index contributed by atoms with van der Waals surface area (Å²) in [7, 11) is 0. The predicted molar refractivity (Wildman–Crippen MR) is 74.6 cm³/mol. The van der Waals surface area contributed by atoms with Gasteiger partial charge in [0.15, 0.2) is 5.78 Å². The molecule has 20 heavy (non-hydrogen) atoms. The molecule has 1 aliphatic rings. The number of aromatic nitrogens is 1. The Labute approximate surface area is 116 Å². The molecule has 0 N–H and O–H groups in total. The number of ketones is 1. The Morgan fingerprint density at radius 3 is 2.50 bits per heavy atom. The summed E-state index contributed by atoms with van der Waals surface area (Å²) in [5, 5.41) is 0. The summed E-state index contributed by atoms with van der Waals surface area (Å²) in [6.07, 6.45) is 0.933. The summed E-state index contributed by atoms with van der Waals surface area (Å²) >= 11 is 0. The fourth-order valence-electron chi connectivity index (χ4n) is 2.58. The van der Waals surface area contributed by atoms with E-state index in [-0.39, 0.29) is 22.7 Å². The van der Waals surface area contributed by atoms with Gasteiger partial charge in [0.2, 0.25) is 5.89 Å². The van der Waals surface area contributed by atoms with Crippen LogP contribution in [0, 0.1) is 5.41 Å². The maximum absolute atomic E-state index is 12.1. The van der Waals surface area contributed by atoms with Crippen molar-refractivity contribution in [2.75, 3.05) is 0 Å². The van der Waals surface area contributed by atoms with Crippen molar-refractivity contribution in [1.29, 1.82) is 0 Å². The first-order valence-electron chi connectivity index (χ1n) is 6.59. The third-order valence-electron chi connectivity index (χ3n) is 3.49. The number of carbonyl (C=O) groups excluding carboxylic acids is 1. The summed E-state index contributed by atoms with van der Waals surface area (Å²) in [6, 6.07) is 9.24. The molecule has 0 bridgehead atoms. The Balaban J connectivity index is 2.18. The number of benzene rings is 1. The lowest BCUT2D eigenvalue weighted by molar-refractivity contribution is 0.0896. The zero-order valence-electron chi connectivity index (χ0n) is 11.5. The van der Waals surface area contributed by atoms with Crippen molar-refractivity contribution in [2.45, 2.75) is 26.7 Å². The average molecular weight is 269 g/mol. The van der Waals surface area contributed by atoms with Crippen LogP contribution < -0.4 is 5.56 Å². The molecular formula is C16H15NO3. The van der Waals surface area contributed by atoms with Gasteiger partial charge in [0.25, 0.3) is 5.56 Å². The van der Waals surface area contributed by atoms with E-state index < -0.39 is 5.56 Å². The van der Waals surface area contributed by atoms with Crippen molar-refractivity contribution in [1.82, 2.24) is 4.98 Å². The SMILES string of the molecule is CC1(C)CC(=O)c2c(oc(-c3ccccc3)nc2=O)C1. The Bertz CT molecular complexity index is 729. The highest BCUT2D eigenvalue weighted by Gasteiger charge is 2.35. The Morgan fingerprint density at radius 1 is 1.10 bits per heavy atom. The Morgan fingerprint density at radius 2 is 1.80 bits per heavy atom. The largest absolute Gasteiger partial charge is 0.442 e. The van der Waals surface area contributed by atoms with Crippen molar-refractivity contribution in [3.05, 3.63) is 52.0 Å². The minimum Gasteiger partial charge on any atom is -0.442 e. The van der Waals surface area contributed by atoms with Crippen molar-refractivity contribution in [3.63, 3.8) is 0 Å². The molecule has 3 rings (SSSR count). The second-order valence-corrected chi connectivity index (χ2v) is 5.93. The van der Waals surface area contributed by atoms with Crippen LogP contribution in [-0.2, 0) is 6.42 Å². The summed E-state index contributed by atoms with van der Waals surface area (Å²) in [6.45, 7) is 3.99. The molecule has 1 heterocycles. The normalized spacial score (nSPS) is 16.8. The molecule has 0 atom stereocenters. The quantitative estimate of drug-likeness (QED) is 0.798. The first-order chi connectivity index (χ1) is 9.46. The molecule has 4 heteroatoms. The van der Waals surface area contributed by atoms with Crippen LogP contribution in [0.5, 0.6) is 0 Å². The van der Waals surface area contributed by atoms with Crippen LogP contribution in [0.25, 0.3) is 11.5 Å². The fraction of sp³-hybridized carbons (Fsp3) is 0.312. The maximum atomic E-state index is 12.1. The minimum atomic E-state index is -0.481. The van der Waals surface area contributed by atoms with Crippen molar-refractivity contribution in [3.8, 4) is 11.5 Å². The van der Waals surface area contributed by atoms with E-state index in [4.69, 9.17) is 4.42 Å². The predicted octanol–water partition coefficient (Wildman–Crippen LogP) is 2.86. The molecule has 0 saturated heterocycles. The number of hydrogen-bond acceptors (Lipinski definition) is 4. The van der Waals surface area contributed by atoms with Gasteiger partial charge < -0.3 is 4.42 Å². The summed E-state index contributed by atoms with van der Waals surface area (Å²) in [5.41, 5.74) is 0.202. The van der Waals surface area contributed by atoms with Crippen molar-refractivity contribution < 1.29 is 9.21 Å². The van der Waals surface area contributed by atoms with Gasteiger partial charge >= 0.3 is 0 Å². The van der Waals surface area contributed by atoms with Crippen molar-refractivity contribution in [2.24, 2.45) is 5.41 Å². The molecule has 0 radical (unpaired) electrons. The van der Waals surface area contributed by atoms with Gasteiger partial charge in [-0.2, -0.15) is 4.98 Å². The maximum Gasteiger partial charge on any atom is 0.287 e. The molecule has 0 spiro atoms. The van der Waals surface area contributed by atoms with Gasteiger partial charge in [-0.15, -0.1) is 0 Å². The third-order valence-corrected chi connectivity index (χ3v) is 3.49. The topological polar surface area (TPSA) is 60.2 Å². The Hall–Kier alpha value is -2.23. The monoisotopic (exact) mass is 269 g/mol. The van der Waals surface area contributed by atoms with E-state index in [0.717, 1.165) is 5.56 Å². The number of fused-ring (bicyclic) bond motifs is 1. The first kappa shape index (κ1) is 12.8. The van der Waals surface area contributed by atoms with E-state index in [9.17, 15) is 9.59 Å². The Kier molecular flexibility index (Phi) is 2.82. The smallest absolute Gasteiger partial charge is 0.287 e. The molecule has 0 saturated carbocycles. The summed E-state index contributed by atoms with van der Waals surface area (Å²) in [5.74, 6) is 0.571. The zero-order chi connectivity index (χ0) is 14.3. The van der Waals surface area contributed by atoms with E-state index in [2.05, 4.69) is 4.98 Å². The van der Waals surface area contributed by atoms with Crippen LogP contribution in [0.15, 0.2) is 39.5 Å². The van der Waals surface area contributed by atoms with Gasteiger partial charge in [0.05, 0.1) is 0 Å². The van der Waals surface area contributed by atoms with Gasteiger partial charge in [0.1, 0.15) is 11.3 Å². The van der Waals surface area contributed by atoms with Crippen LogP contribution in [0.4, 0.5) is 0 Å². The van der Waals surface area contributed by atoms with Crippen LogP contribution in [0.2, 0.25) is 0 Å². The molecule has 0 fully saturated rings. The standard InChI is InChI=1S/C16H15NO3/c1-16(2)8-11(18)13-12(9-16)20-15(17-14(13)19)10-6-4-3-5-7-10/h3-7H,8-9H2,1-2H3. The molecule has 0 aliphatic heterocycles. The lowest BCUT2D eigenvalue weighted by atomic mass is 9.76. The highest BCUT2D eigenvalue weighted by Crippen LogP contribution is 2.34. The van der Waals surface area contributed by atoms with E-state index >= 15 is 0 Å². The van der Waals surface area contributed by atoms with Crippen molar-refractivity contribution >= 4 is 5.78 Å². The molecule has 1 aromatic heterocycles. The van der Waals surface area contributed by atoms with E-state index in [0.29, 0.717) is 18.6 Å². The summed E-state index contributed by atoms with van der Waals surface area (Å²) in [4.78, 5) is 28.1. The lowest BCUT2D eigenvalue weighted by Crippen LogP contribution is -2.32. The number of hydrogen-bond donors (Lipinski definition) is 0. The number of carbonyl (C=O) groups is 1. The number of rotatable bonds is 1. The lowest BCUT2D eigenvalue weighted by Gasteiger charge is -2.28. The number of Topliss-reactive ketones (excluding diaryl/α,β-unsaturated/α-hetero) is 1. The van der Waals surface area contributed by atoms with Crippen LogP contribution >= 0.6 is 0 Å². The van der Waals surface area contributed by atoms with Crippen LogP contribution in [0.1, 0.15) is 36.4 Å². The fourth-order valence-corrected chi connectivity index (χ4v) is 2.58. The molecule has 2 aromatic rings. The second-order valence-electron chi connectivity index (χ2n) is 5.93. The van der Waals surface area contributed by atoms with E-state index in [1.54, 1.807) is 0 Å². The molecular weight excluding hydrogens is 254 g/mol. The molecule has 0 amide bonds. The second kappa shape index (κ2) is 4.40. The molecule has 4 nitrogen and oxygen atoms in total. The minimum absolute atomic E-state index is 0.129. The average Bonchev–Trinajstić information content (AvgIpc) is 2.37. The van der Waals surface area contributed by atoms with E-state index in [1.807, 2.05) is 44.2 Å². The van der Waals surface area contributed by atoms with Gasteiger partial charge in [0, 0.05) is 18.4 Å². The van der Waals surface area contributed by atoms with Gasteiger partial charge in [-0.05, 0) is 17.5 Å². The van der Waals surface area contributed by atoms with Crippen LogP contribution in [-0.4, -0.2) is 10.8 Å². The van der Waals surface area contributed by atoms with Gasteiger partial charge in [-0.3, -0.25) is 9.59 Å². The summed E-state index contributed by atoms with van der Waals surface area (Å²) < 4.78 is 5.74. The molecule has 1 aliphatic carbocycles. The van der Waals surface area contributed by atoms with E-state index in [1.165, 1.54) is 0 Å². The molecule has 0 unspecified atom stereocenters. The first-order valence-corrected chi connectivity index (χ1v) is 6.59. The van der Waals surface area contributed by atoms with Gasteiger partial charge in [-0.1, -0.05) is 32.0 Å². The van der Waals surface area contributed by atoms with Crippen LogP contribution in [0.3, 0.4) is 0 Å². The molecule has 102 valence electrons. The molecule has 1 aromatic carbocycles. The highest BCUT2D eigenvalue weighted by atomic mass is 16.3.